The number of hydrogen-bond donors (Lipinski definition) is 2. The van der Waals surface area contributed by atoms with Gasteiger partial charge in [0.05, 0.1) is 5.69 Å². The first-order valence-electron chi connectivity index (χ1n) is 5.13. The lowest BCUT2D eigenvalue weighted by Gasteiger charge is -2.11. The van der Waals surface area contributed by atoms with Crippen molar-refractivity contribution in [2.75, 3.05) is 18.5 Å². The Hall–Kier alpha value is -1.40. The molecule has 1 rings (SSSR count). The molecule has 0 aliphatic rings. The molecule has 0 aromatic heterocycles. The van der Waals surface area contributed by atoms with Crippen LogP contribution in [-0.2, 0) is 4.79 Å². The van der Waals surface area contributed by atoms with E-state index in [1.54, 1.807) is 18.2 Å². The molecule has 0 fully saturated rings. The Kier molecular flexibility index (Phi) is 7.98. The Balaban J connectivity index is 0.00000289. The number of ether oxygens (including phenoxy) is 1. The molecular weight excluding hydrogens is 266 g/mol. The van der Waals surface area contributed by atoms with Gasteiger partial charge in [-0.3, -0.25) is 4.79 Å². The van der Waals surface area contributed by atoms with Crippen molar-refractivity contribution < 1.29 is 18.3 Å². The zero-order valence-electron chi connectivity index (χ0n) is 9.57. The molecule has 1 amide bonds. The van der Waals surface area contributed by atoms with Crippen LogP contribution in [0.15, 0.2) is 24.3 Å². The highest BCUT2D eigenvalue weighted by Crippen LogP contribution is 2.24. The van der Waals surface area contributed by atoms with Crippen LogP contribution in [0.5, 0.6) is 5.75 Å². The van der Waals surface area contributed by atoms with Crippen molar-refractivity contribution in [1.82, 2.24) is 0 Å². The van der Waals surface area contributed by atoms with Crippen LogP contribution in [0.2, 0.25) is 0 Å². The molecule has 0 heterocycles. The zero-order valence-corrected chi connectivity index (χ0v) is 10.4. The Morgan fingerprint density at radius 3 is 2.67 bits per heavy atom. The van der Waals surface area contributed by atoms with E-state index in [2.05, 4.69) is 5.32 Å². The van der Waals surface area contributed by atoms with Gasteiger partial charge in [0.2, 0.25) is 5.91 Å². The second-order valence-corrected chi connectivity index (χ2v) is 3.29. The predicted molar refractivity (Wildman–Crippen MR) is 67.5 cm³/mol. The lowest BCUT2D eigenvalue weighted by atomic mass is 10.3. The van der Waals surface area contributed by atoms with Gasteiger partial charge in [-0.05, 0) is 12.1 Å². The molecule has 0 unspecified atom stereocenters. The van der Waals surface area contributed by atoms with Gasteiger partial charge < -0.3 is 15.8 Å². The molecule has 18 heavy (non-hydrogen) atoms. The Morgan fingerprint density at radius 1 is 1.39 bits per heavy atom. The number of benzene rings is 1. The van der Waals surface area contributed by atoms with Crippen molar-refractivity contribution in [2.45, 2.75) is 12.8 Å². The number of nitrogens with one attached hydrogen (secondary N) is 1. The minimum atomic E-state index is -2.55. The van der Waals surface area contributed by atoms with Crippen LogP contribution in [-0.4, -0.2) is 25.5 Å². The average molecular weight is 281 g/mol. The van der Waals surface area contributed by atoms with Crippen molar-refractivity contribution in [3.8, 4) is 5.75 Å². The number of carbonyl (C=O) groups excluding carboxylic acids is 1. The standard InChI is InChI=1S/C11H14F2N2O2.ClH/c12-10(13)7-17-9-4-2-1-3-8(9)15-11(16)5-6-14;/h1-4,10H,5-7,14H2,(H,15,16);1H. The highest BCUT2D eigenvalue weighted by Gasteiger charge is 2.09. The fourth-order valence-electron chi connectivity index (χ4n) is 1.19. The molecule has 0 radical (unpaired) electrons. The van der Waals surface area contributed by atoms with Gasteiger partial charge in [0.15, 0.2) is 0 Å². The summed E-state index contributed by atoms with van der Waals surface area (Å²) in [4.78, 5) is 11.3. The van der Waals surface area contributed by atoms with Gasteiger partial charge in [-0.1, -0.05) is 12.1 Å². The molecular formula is C11H15ClF2N2O2. The van der Waals surface area contributed by atoms with E-state index in [1.807, 2.05) is 0 Å². The van der Waals surface area contributed by atoms with Gasteiger partial charge in [0, 0.05) is 13.0 Å². The van der Waals surface area contributed by atoms with E-state index in [4.69, 9.17) is 10.5 Å². The molecule has 0 saturated carbocycles. The Bertz CT molecular complexity index is 378. The number of rotatable bonds is 6. The van der Waals surface area contributed by atoms with E-state index in [-0.39, 0.29) is 37.0 Å². The summed E-state index contributed by atoms with van der Waals surface area (Å²) in [6.45, 7) is -0.477. The minimum absolute atomic E-state index is 0. The number of halogens is 3. The first kappa shape index (κ1) is 16.6. The molecule has 0 aliphatic heterocycles. The van der Waals surface area contributed by atoms with Gasteiger partial charge in [-0.2, -0.15) is 0 Å². The molecule has 4 nitrogen and oxygen atoms in total. The zero-order chi connectivity index (χ0) is 12.7. The van der Waals surface area contributed by atoms with E-state index in [0.717, 1.165) is 0 Å². The maximum Gasteiger partial charge on any atom is 0.272 e. The summed E-state index contributed by atoms with van der Waals surface area (Å²) in [7, 11) is 0. The van der Waals surface area contributed by atoms with Gasteiger partial charge in [0.25, 0.3) is 6.43 Å². The number of nitrogens with two attached hydrogens (primary N) is 1. The SMILES string of the molecule is Cl.NCCC(=O)Nc1ccccc1OCC(F)F. The highest BCUT2D eigenvalue weighted by molar-refractivity contribution is 5.92. The molecule has 0 aliphatic carbocycles. The van der Waals surface area contributed by atoms with Crippen LogP contribution in [0.4, 0.5) is 14.5 Å². The molecule has 102 valence electrons. The number of alkyl halides is 2. The second kappa shape index (κ2) is 8.66. The molecule has 0 bridgehead atoms. The van der Waals surface area contributed by atoms with Crippen LogP contribution in [0.1, 0.15) is 6.42 Å². The van der Waals surface area contributed by atoms with E-state index in [9.17, 15) is 13.6 Å². The third-order valence-electron chi connectivity index (χ3n) is 1.90. The van der Waals surface area contributed by atoms with Crippen LogP contribution in [0.25, 0.3) is 0 Å². The quantitative estimate of drug-likeness (QED) is 0.838. The summed E-state index contributed by atoms with van der Waals surface area (Å²) >= 11 is 0. The first-order chi connectivity index (χ1) is 8.13. The number of hydrogen-bond acceptors (Lipinski definition) is 3. The number of para-hydroxylation sites is 2. The van der Waals surface area contributed by atoms with Crippen molar-refractivity contribution in [3.05, 3.63) is 24.3 Å². The van der Waals surface area contributed by atoms with Crippen LogP contribution in [0, 0.1) is 0 Å². The summed E-state index contributed by atoms with van der Waals surface area (Å²) in [5.74, 6) is -0.0567. The van der Waals surface area contributed by atoms with E-state index >= 15 is 0 Å². The van der Waals surface area contributed by atoms with Crippen molar-refractivity contribution in [1.29, 1.82) is 0 Å². The Labute approximate surface area is 110 Å². The molecule has 0 spiro atoms. The van der Waals surface area contributed by atoms with Crippen molar-refractivity contribution >= 4 is 24.0 Å². The third-order valence-corrected chi connectivity index (χ3v) is 1.90. The summed E-state index contributed by atoms with van der Waals surface area (Å²) < 4.78 is 28.9. The summed E-state index contributed by atoms with van der Waals surface area (Å²) in [6.07, 6.45) is -2.38. The Morgan fingerprint density at radius 2 is 2.06 bits per heavy atom. The van der Waals surface area contributed by atoms with Gasteiger partial charge in [-0.25, -0.2) is 8.78 Å². The molecule has 7 heteroatoms. The van der Waals surface area contributed by atoms with Gasteiger partial charge in [0.1, 0.15) is 12.4 Å². The van der Waals surface area contributed by atoms with E-state index in [1.165, 1.54) is 6.07 Å². The fourth-order valence-corrected chi connectivity index (χ4v) is 1.19. The first-order valence-corrected chi connectivity index (χ1v) is 5.13. The van der Waals surface area contributed by atoms with Crippen LogP contribution in [0.3, 0.4) is 0 Å². The summed E-state index contributed by atoms with van der Waals surface area (Å²) in [6, 6.07) is 6.41. The molecule has 1 aromatic rings. The number of anilines is 1. The molecule has 1 aromatic carbocycles. The van der Waals surface area contributed by atoms with Crippen molar-refractivity contribution in [3.63, 3.8) is 0 Å². The average Bonchev–Trinajstić information content (AvgIpc) is 2.28. The smallest absolute Gasteiger partial charge is 0.272 e. The molecule has 3 N–H and O–H groups in total. The fraction of sp³-hybridized carbons (Fsp3) is 0.364. The summed E-state index contributed by atoms with van der Waals surface area (Å²) in [5.41, 5.74) is 5.60. The van der Waals surface area contributed by atoms with E-state index in [0.29, 0.717) is 5.69 Å². The van der Waals surface area contributed by atoms with Gasteiger partial charge in [-0.15, -0.1) is 12.4 Å². The predicted octanol–water partition coefficient (Wildman–Crippen LogP) is 2.04. The summed E-state index contributed by atoms with van der Waals surface area (Å²) in [5, 5.41) is 2.55. The maximum absolute atomic E-state index is 12.0. The van der Waals surface area contributed by atoms with Crippen LogP contribution < -0.4 is 15.8 Å². The largest absolute Gasteiger partial charge is 0.485 e. The van der Waals surface area contributed by atoms with Crippen molar-refractivity contribution in [2.24, 2.45) is 5.73 Å². The van der Waals surface area contributed by atoms with Gasteiger partial charge >= 0.3 is 0 Å². The number of carbonyl (C=O) groups is 1. The highest BCUT2D eigenvalue weighted by atomic mass is 35.5. The normalized spacial score (nSPS) is 9.78. The number of amides is 1. The molecule has 0 saturated heterocycles. The minimum Gasteiger partial charge on any atom is -0.485 e. The maximum atomic E-state index is 12.0. The lowest BCUT2D eigenvalue weighted by Crippen LogP contribution is -2.17. The van der Waals surface area contributed by atoms with E-state index < -0.39 is 13.0 Å². The second-order valence-electron chi connectivity index (χ2n) is 3.29. The third kappa shape index (κ3) is 5.79. The molecule has 0 atom stereocenters. The van der Waals surface area contributed by atoms with Crippen LogP contribution >= 0.6 is 12.4 Å². The monoisotopic (exact) mass is 280 g/mol. The topological polar surface area (TPSA) is 64.4 Å². The lowest BCUT2D eigenvalue weighted by molar-refractivity contribution is -0.116.